The summed E-state index contributed by atoms with van der Waals surface area (Å²) in [5, 5.41) is 7.36. The van der Waals surface area contributed by atoms with Crippen molar-refractivity contribution in [2.45, 2.75) is 25.8 Å². The molecular formula is C17H27N5O. The highest BCUT2D eigenvalue weighted by molar-refractivity contribution is 5.79. The Balaban J connectivity index is 1.48. The number of carbonyl (C=O) groups excluding carboxylic acids is 1. The summed E-state index contributed by atoms with van der Waals surface area (Å²) in [6.45, 7) is 7.24. The minimum Gasteiger partial charge on any atom is -0.355 e. The first kappa shape index (κ1) is 15.1. The van der Waals surface area contributed by atoms with E-state index in [4.69, 9.17) is 0 Å². The Kier molecular flexibility index (Phi) is 3.89. The highest BCUT2D eigenvalue weighted by Crippen LogP contribution is 2.35. The maximum absolute atomic E-state index is 11.9. The average Bonchev–Trinajstić information content (AvgIpc) is 3.15. The molecule has 126 valence electrons. The number of nitrogens with one attached hydrogen (secondary N) is 1. The first-order valence-corrected chi connectivity index (χ1v) is 8.79. The maximum atomic E-state index is 11.9. The molecule has 2 saturated heterocycles. The van der Waals surface area contributed by atoms with Gasteiger partial charge in [0.1, 0.15) is 0 Å². The van der Waals surface area contributed by atoms with Gasteiger partial charge >= 0.3 is 0 Å². The van der Waals surface area contributed by atoms with Gasteiger partial charge in [0.15, 0.2) is 0 Å². The Morgan fingerprint density at radius 2 is 2.09 bits per heavy atom. The van der Waals surface area contributed by atoms with Gasteiger partial charge in [-0.05, 0) is 18.8 Å². The topological polar surface area (TPSA) is 53.4 Å². The number of amides is 1. The lowest BCUT2D eigenvalue weighted by Crippen LogP contribution is -2.42. The fourth-order valence-corrected chi connectivity index (χ4v) is 4.18. The van der Waals surface area contributed by atoms with Crippen molar-refractivity contribution in [1.29, 1.82) is 0 Å². The first-order valence-electron chi connectivity index (χ1n) is 8.79. The third-order valence-electron chi connectivity index (χ3n) is 5.42. The summed E-state index contributed by atoms with van der Waals surface area (Å²) < 4.78 is 1.86. The highest BCUT2D eigenvalue weighted by Gasteiger charge is 2.43. The number of aromatic nitrogens is 2. The fraction of sp³-hybridized carbons (Fsp3) is 0.765. The number of rotatable bonds is 4. The summed E-state index contributed by atoms with van der Waals surface area (Å²) in [5.41, 5.74) is 1.35. The van der Waals surface area contributed by atoms with Gasteiger partial charge in [-0.25, -0.2) is 0 Å². The normalized spacial score (nSPS) is 29.9. The Morgan fingerprint density at radius 3 is 2.74 bits per heavy atom. The van der Waals surface area contributed by atoms with Gasteiger partial charge in [-0.2, -0.15) is 5.10 Å². The molecule has 1 aliphatic carbocycles. The van der Waals surface area contributed by atoms with Crippen LogP contribution >= 0.6 is 0 Å². The third-order valence-corrected chi connectivity index (χ3v) is 5.42. The lowest BCUT2D eigenvalue weighted by atomic mass is 9.86. The van der Waals surface area contributed by atoms with Gasteiger partial charge in [-0.3, -0.25) is 14.4 Å². The van der Waals surface area contributed by atoms with Gasteiger partial charge < -0.3 is 10.2 Å². The molecule has 3 heterocycles. The van der Waals surface area contributed by atoms with E-state index in [1.807, 2.05) is 17.9 Å². The van der Waals surface area contributed by atoms with E-state index in [2.05, 4.69) is 26.4 Å². The van der Waals surface area contributed by atoms with E-state index in [-0.39, 0.29) is 11.3 Å². The molecule has 6 nitrogen and oxygen atoms in total. The van der Waals surface area contributed by atoms with Crippen molar-refractivity contribution in [2.75, 3.05) is 39.3 Å². The molecule has 1 unspecified atom stereocenters. The first-order chi connectivity index (χ1) is 11.1. The van der Waals surface area contributed by atoms with Crippen molar-refractivity contribution in [3.8, 4) is 0 Å². The number of carbonyl (C=O) groups is 1. The molecule has 3 fully saturated rings. The summed E-state index contributed by atoms with van der Waals surface area (Å²) in [6, 6.07) is 0. The fourth-order valence-electron chi connectivity index (χ4n) is 4.18. The summed E-state index contributed by atoms with van der Waals surface area (Å²) in [7, 11) is 1.96. The Bertz CT molecular complexity index is 581. The Hall–Kier alpha value is -1.40. The molecule has 3 aliphatic rings. The summed E-state index contributed by atoms with van der Waals surface area (Å²) in [5.74, 6) is 1.13. The molecule has 1 spiro atoms. The van der Waals surface area contributed by atoms with Gasteiger partial charge in [0.05, 0.1) is 6.20 Å². The smallest absolute Gasteiger partial charge is 0.220 e. The van der Waals surface area contributed by atoms with Crippen molar-refractivity contribution >= 4 is 5.91 Å². The Morgan fingerprint density at radius 1 is 1.30 bits per heavy atom. The van der Waals surface area contributed by atoms with E-state index >= 15 is 0 Å². The molecule has 0 aromatic carbocycles. The zero-order valence-corrected chi connectivity index (χ0v) is 14.0. The highest BCUT2D eigenvalue weighted by atomic mass is 16.1. The lowest BCUT2D eigenvalue weighted by Gasteiger charge is -2.32. The second kappa shape index (κ2) is 5.91. The molecule has 23 heavy (non-hydrogen) atoms. The SMILES string of the molecule is Cn1cc(CN2CCN(CC3CC3)CC3(CNC(=O)C3)C2)cn1. The second-order valence-corrected chi connectivity index (χ2v) is 7.86. The van der Waals surface area contributed by atoms with Crippen LogP contribution in [0.1, 0.15) is 24.8 Å². The van der Waals surface area contributed by atoms with E-state index < -0.39 is 0 Å². The minimum absolute atomic E-state index is 0.0880. The average molecular weight is 317 g/mol. The van der Waals surface area contributed by atoms with E-state index in [9.17, 15) is 4.79 Å². The van der Waals surface area contributed by atoms with Crippen molar-refractivity contribution < 1.29 is 4.79 Å². The molecule has 1 amide bonds. The standard InChI is InChI=1S/C17H27N5O/c1-20-8-15(7-19-20)10-22-5-4-21(9-14-2-3-14)12-17(13-22)6-16(23)18-11-17/h7-8,14H,2-6,9-13H2,1H3,(H,18,23). The maximum Gasteiger partial charge on any atom is 0.220 e. The second-order valence-electron chi connectivity index (χ2n) is 7.86. The van der Waals surface area contributed by atoms with Crippen LogP contribution < -0.4 is 5.32 Å². The predicted octanol–water partition coefficient (Wildman–Crippen LogP) is 0.454. The summed E-state index contributed by atoms with van der Waals surface area (Å²) in [6.07, 6.45) is 7.51. The van der Waals surface area contributed by atoms with Gasteiger partial charge in [0.25, 0.3) is 0 Å². The zero-order chi connectivity index (χ0) is 15.9. The lowest BCUT2D eigenvalue weighted by molar-refractivity contribution is -0.119. The summed E-state index contributed by atoms with van der Waals surface area (Å²) in [4.78, 5) is 17.0. The van der Waals surface area contributed by atoms with Crippen LogP contribution in [0.15, 0.2) is 12.4 Å². The molecule has 1 aromatic heterocycles. The molecular weight excluding hydrogens is 290 g/mol. The van der Waals surface area contributed by atoms with E-state index in [1.165, 1.54) is 24.9 Å². The molecule has 4 rings (SSSR count). The Labute approximate surface area is 137 Å². The van der Waals surface area contributed by atoms with Crippen molar-refractivity contribution in [3.05, 3.63) is 18.0 Å². The number of nitrogens with zero attached hydrogens (tertiary/aromatic N) is 4. The van der Waals surface area contributed by atoms with E-state index in [0.29, 0.717) is 6.42 Å². The molecule has 1 saturated carbocycles. The zero-order valence-electron chi connectivity index (χ0n) is 14.0. The minimum atomic E-state index is 0.0880. The van der Waals surface area contributed by atoms with Crippen molar-refractivity contribution in [3.63, 3.8) is 0 Å². The largest absolute Gasteiger partial charge is 0.355 e. The van der Waals surface area contributed by atoms with Gasteiger partial charge in [-0.1, -0.05) is 0 Å². The molecule has 1 aromatic rings. The number of hydrogen-bond acceptors (Lipinski definition) is 4. The number of aryl methyl sites for hydroxylation is 1. The van der Waals surface area contributed by atoms with Crippen LogP contribution in [0.3, 0.4) is 0 Å². The van der Waals surface area contributed by atoms with Crippen LogP contribution in [0.2, 0.25) is 0 Å². The van der Waals surface area contributed by atoms with Gasteiger partial charge in [0.2, 0.25) is 5.91 Å². The predicted molar refractivity (Wildman–Crippen MR) is 87.7 cm³/mol. The van der Waals surface area contributed by atoms with E-state index in [0.717, 1.165) is 45.2 Å². The quantitative estimate of drug-likeness (QED) is 0.876. The van der Waals surface area contributed by atoms with Crippen LogP contribution in [0.5, 0.6) is 0 Å². The van der Waals surface area contributed by atoms with Crippen LogP contribution in [0.25, 0.3) is 0 Å². The number of hydrogen-bond donors (Lipinski definition) is 1. The van der Waals surface area contributed by atoms with Gasteiger partial charge in [0, 0.05) is 76.5 Å². The molecule has 0 radical (unpaired) electrons. The van der Waals surface area contributed by atoms with Crippen molar-refractivity contribution in [1.82, 2.24) is 24.9 Å². The van der Waals surface area contributed by atoms with Crippen LogP contribution in [-0.4, -0.2) is 64.8 Å². The molecule has 0 bridgehead atoms. The molecule has 6 heteroatoms. The molecule has 2 aliphatic heterocycles. The van der Waals surface area contributed by atoms with Crippen LogP contribution in [0.4, 0.5) is 0 Å². The summed E-state index contributed by atoms with van der Waals surface area (Å²) >= 11 is 0. The third kappa shape index (κ3) is 3.58. The van der Waals surface area contributed by atoms with Gasteiger partial charge in [-0.15, -0.1) is 0 Å². The van der Waals surface area contributed by atoms with Crippen molar-refractivity contribution in [2.24, 2.45) is 18.4 Å². The molecule has 1 N–H and O–H groups in total. The molecule has 1 atom stereocenters. The van der Waals surface area contributed by atoms with Crippen LogP contribution in [-0.2, 0) is 18.4 Å². The van der Waals surface area contributed by atoms with E-state index in [1.54, 1.807) is 0 Å². The monoisotopic (exact) mass is 317 g/mol. The van der Waals surface area contributed by atoms with Crippen LogP contribution in [0, 0.1) is 11.3 Å².